The third-order valence-electron chi connectivity index (χ3n) is 4.16. The van der Waals surface area contributed by atoms with Crippen LogP contribution in [0.4, 0.5) is 4.79 Å². The topological polar surface area (TPSA) is 93.7 Å². The highest BCUT2D eigenvalue weighted by atomic mass is 16.5. The molecule has 1 rings (SSSR count). The maximum atomic E-state index is 12.9. The lowest BCUT2D eigenvalue weighted by molar-refractivity contribution is -0.147. The van der Waals surface area contributed by atoms with E-state index in [1.54, 1.807) is 19.9 Å². The van der Waals surface area contributed by atoms with Crippen LogP contribution in [0.15, 0.2) is 54.6 Å². The molecule has 2 N–H and O–H groups in total. The predicted octanol–water partition coefficient (Wildman–Crippen LogP) is 3.16. The fourth-order valence-corrected chi connectivity index (χ4v) is 2.53. The van der Waals surface area contributed by atoms with Gasteiger partial charge in [-0.05, 0) is 31.4 Å². The first-order chi connectivity index (χ1) is 14.2. The highest BCUT2D eigenvalue weighted by Gasteiger charge is 2.30. The number of amides is 2. The molecule has 164 valence electrons. The molecule has 7 heteroatoms. The quantitative estimate of drug-likeness (QED) is 0.427. The van der Waals surface area contributed by atoms with Crippen LogP contribution in [0.1, 0.15) is 33.3 Å². The van der Waals surface area contributed by atoms with E-state index >= 15 is 0 Å². The van der Waals surface area contributed by atoms with Crippen molar-refractivity contribution in [2.75, 3.05) is 13.2 Å². The standard InChI is InChI=1S/C23H32N2O5/c1-6-13-30-23(28)25-20(17(4)5)21(26)24-19(15-18-10-8-7-9-11-18)22(27)29-14-12-16(2)3/h6-12,17,19-20H,1,13-15H2,2-5H3,(H,24,26)(H,25,28)/t19-,20-/m0/s1. The summed E-state index contributed by atoms with van der Waals surface area (Å²) in [5.74, 6) is -1.25. The van der Waals surface area contributed by atoms with Crippen LogP contribution in [-0.4, -0.2) is 43.3 Å². The highest BCUT2D eigenvalue weighted by Crippen LogP contribution is 2.08. The summed E-state index contributed by atoms with van der Waals surface area (Å²) in [7, 11) is 0. The summed E-state index contributed by atoms with van der Waals surface area (Å²) in [5.41, 5.74) is 1.90. The smallest absolute Gasteiger partial charge is 0.408 e. The van der Waals surface area contributed by atoms with E-state index in [0.29, 0.717) is 0 Å². The van der Waals surface area contributed by atoms with Crippen molar-refractivity contribution in [2.24, 2.45) is 5.92 Å². The average molecular weight is 417 g/mol. The summed E-state index contributed by atoms with van der Waals surface area (Å²) < 4.78 is 10.2. The zero-order valence-corrected chi connectivity index (χ0v) is 18.1. The van der Waals surface area contributed by atoms with Gasteiger partial charge in [0.2, 0.25) is 5.91 Å². The normalized spacial score (nSPS) is 12.3. The second-order valence-electron chi connectivity index (χ2n) is 7.42. The molecule has 1 aromatic rings. The van der Waals surface area contributed by atoms with E-state index in [2.05, 4.69) is 17.2 Å². The van der Waals surface area contributed by atoms with Crippen LogP contribution < -0.4 is 10.6 Å². The molecule has 1 aromatic carbocycles. The minimum atomic E-state index is -0.891. The van der Waals surface area contributed by atoms with Crippen molar-refractivity contribution in [1.82, 2.24) is 10.6 Å². The van der Waals surface area contributed by atoms with Crippen LogP contribution >= 0.6 is 0 Å². The number of hydrogen-bond donors (Lipinski definition) is 2. The van der Waals surface area contributed by atoms with Crippen molar-refractivity contribution in [3.63, 3.8) is 0 Å². The van der Waals surface area contributed by atoms with Gasteiger partial charge < -0.3 is 20.1 Å². The zero-order valence-electron chi connectivity index (χ0n) is 18.1. The lowest BCUT2D eigenvalue weighted by Crippen LogP contribution is -2.54. The largest absolute Gasteiger partial charge is 0.460 e. The number of allylic oxidation sites excluding steroid dienone is 1. The number of carbonyl (C=O) groups excluding carboxylic acids is 3. The Labute approximate surface area is 178 Å². The first-order valence-corrected chi connectivity index (χ1v) is 9.93. The van der Waals surface area contributed by atoms with Gasteiger partial charge >= 0.3 is 12.1 Å². The highest BCUT2D eigenvalue weighted by molar-refractivity contribution is 5.90. The van der Waals surface area contributed by atoms with E-state index in [1.165, 1.54) is 6.08 Å². The zero-order chi connectivity index (χ0) is 22.5. The van der Waals surface area contributed by atoms with E-state index in [9.17, 15) is 14.4 Å². The second kappa shape index (κ2) is 13.2. The first kappa shape index (κ1) is 24.9. The Morgan fingerprint density at radius 3 is 2.27 bits per heavy atom. The molecule has 0 saturated heterocycles. The van der Waals surface area contributed by atoms with Crippen LogP contribution in [0.25, 0.3) is 0 Å². The van der Waals surface area contributed by atoms with Crippen molar-refractivity contribution in [2.45, 2.75) is 46.2 Å². The van der Waals surface area contributed by atoms with Gasteiger partial charge in [0.25, 0.3) is 0 Å². The lowest BCUT2D eigenvalue weighted by Gasteiger charge is -2.24. The van der Waals surface area contributed by atoms with Crippen molar-refractivity contribution in [1.29, 1.82) is 0 Å². The molecule has 0 unspecified atom stereocenters. The van der Waals surface area contributed by atoms with Gasteiger partial charge in [0.15, 0.2) is 0 Å². The number of hydrogen-bond acceptors (Lipinski definition) is 5. The number of ether oxygens (including phenoxy) is 2. The summed E-state index contributed by atoms with van der Waals surface area (Å²) in [6, 6.07) is 7.57. The molecular formula is C23H32N2O5. The molecule has 0 fully saturated rings. The summed E-state index contributed by atoms with van der Waals surface area (Å²) >= 11 is 0. The molecule has 7 nitrogen and oxygen atoms in total. The average Bonchev–Trinajstić information content (AvgIpc) is 2.70. The van der Waals surface area contributed by atoms with Crippen LogP contribution in [0.2, 0.25) is 0 Å². The van der Waals surface area contributed by atoms with Gasteiger partial charge in [-0.25, -0.2) is 9.59 Å². The van der Waals surface area contributed by atoms with Gasteiger partial charge in [-0.2, -0.15) is 0 Å². The third kappa shape index (κ3) is 9.41. The first-order valence-electron chi connectivity index (χ1n) is 9.93. The molecule has 0 aromatic heterocycles. The van der Waals surface area contributed by atoms with E-state index in [-0.39, 0.29) is 25.6 Å². The number of rotatable bonds is 11. The number of benzene rings is 1. The number of carbonyl (C=O) groups is 3. The van der Waals surface area contributed by atoms with Gasteiger partial charge in [-0.1, -0.05) is 62.4 Å². The Kier molecular flexibility index (Phi) is 11.0. The molecule has 30 heavy (non-hydrogen) atoms. The summed E-state index contributed by atoms with van der Waals surface area (Å²) in [6.07, 6.45) is 2.76. The van der Waals surface area contributed by atoms with Crippen molar-refractivity contribution >= 4 is 18.0 Å². The fraction of sp³-hybridized carbons (Fsp3) is 0.435. The number of nitrogens with one attached hydrogen (secondary N) is 2. The molecule has 0 aliphatic rings. The number of esters is 1. The summed E-state index contributed by atoms with van der Waals surface area (Å²) in [4.78, 5) is 37.4. The van der Waals surface area contributed by atoms with Gasteiger partial charge in [-0.3, -0.25) is 4.79 Å². The summed E-state index contributed by atoms with van der Waals surface area (Å²) in [5, 5.41) is 5.26. The molecule has 0 aliphatic heterocycles. The third-order valence-corrected chi connectivity index (χ3v) is 4.16. The molecule has 0 aliphatic carbocycles. The maximum Gasteiger partial charge on any atom is 0.408 e. The molecule has 2 amide bonds. The van der Waals surface area contributed by atoms with Crippen LogP contribution in [0.3, 0.4) is 0 Å². The Hall–Kier alpha value is -3.09. The molecule has 0 saturated carbocycles. The Morgan fingerprint density at radius 1 is 1.03 bits per heavy atom. The molecule has 0 radical (unpaired) electrons. The molecular weight excluding hydrogens is 384 g/mol. The Bertz CT molecular complexity index is 739. The molecule has 0 heterocycles. The monoisotopic (exact) mass is 416 g/mol. The van der Waals surface area contributed by atoms with Crippen molar-refractivity contribution < 1.29 is 23.9 Å². The van der Waals surface area contributed by atoms with E-state index in [1.807, 2.05) is 44.2 Å². The van der Waals surface area contributed by atoms with Gasteiger partial charge in [0, 0.05) is 6.42 Å². The van der Waals surface area contributed by atoms with E-state index < -0.39 is 30.1 Å². The fourth-order valence-electron chi connectivity index (χ4n) is 2.53. The molecule has 0 bridgehead atoms. The SMILES string of the molecule is C=CCOC(=O)N[C@H](C(=O)N[C@@H](Cc1ccccc1)C(=O)OCC=C(C)C)C(C)C. The van der Waals surface area contributed by atoms with Crippen molar-refractivity contribution in [3.05, 3.63) is 60.2 Å². The molecule has 0 spiro atoms. The lowest BCUT2D eigenvalue weighted by atomic mass is 10.0. The number of alkyl carbamates (subject to hydrolysis) is 1. The van der Waals surface area contributed by atoms with Gasteiger partial charge in [-0.15, -0.1) is 0 Å². The Balaban J connectivity index is 2.91. The predicted molar refractivity (Wildman–Crippen MR) is 116 cm³/mol. The van der Waals surface area contributed by atoms with Gasteiger partial charge in [0.05, 0.1) is 0 Å². The van der Waals surface area contributed by atoms with Crippen LogP contribution in [0, 0.1) is 5.92 Å². The minimum absolute atomic E-state index is 0.0333. The van der Waals surface area contributed by atoms with E-state index in [4.69, 9.17) is 9.47 Å². The van der Waals surface area contributed by atoms with Crippen molar-refractivity contribution in [3.8, 4) is 0 Å². The Morgan fingerprint density at radius 2 is 1.70 bits per heavy atom. The molecule has 2 atom stereocenters. The minimum Gasteiger partial charge on any atom is -0.460 e. The summed E-state index contributed by atoms with van der Waals surface area (Å²) in [6.45, 7) is 11.0. The van der Waals surface area contributed by atoms with Gasteiger partial charge in [0.1, 0.15) is 25.3 Å². The second-order valence-corrected chi connectivity index (χ2v) is 7.42. The van der Waals surface area contributed by atoms with Crippen LogP contribution in [-0.2, 0) is 25.5 Å². The van der Waals surface area contributed by atoms with Crippen LogP contribution in [0.5, 0.6) is 0 Å². The maximum absolute atomic E-state index is 12.9. The van der Waals surface area contributed by atoms with E-state index in [0.717, 1.165) is 11.1 Å².